The molecule has 2 N–H and O–H groups in total. The molecular formula is C14H9N3O6. The number of amides is 3. The summed E-state index contributed by atoms with van der Waals surface area (Å²) in [5.41, 5.74) is 5.93. The first-order chi connectivity index (χ1) is 10.8. The van der Waals surface area contributed by atoms with Gasteiger partial charge < -0.3 is 10.2 Å². The summed E-state index contributed by atoms with van der Waals surface area (Å²) >= 11 is 0. The second kappa shape index (κ2) is 4.77. The predicted molar refractivity (Wildman–Crippen MR) is 75.7 cm³/mol. The van der Waals surface area contributed by atoms with E-state index in [-0.39, 0.29) is 22.5 Å². The van der Waals surface area contributed by atoms with Crippen molar-refractivity contribution in [2.45, 2.75) is 0 Å². The van der Waals surface area contributed by atoms with Crippen LogP contribution in [0, 0.1) is 10.1 Å². The van der Waals surface area contributed by atoms with Gasteiger partial charge in [-0.25, -0.2) is 0 Å². The molecule has 0 bridgehead atoms. The molecule has 23 heavy (non-hydrogen) atoms. The molecular weight excluding hydrogens is 306 g/mol. The van der Waals surface area contributed by atoms with Gasteiger partial charge in [0.15, 0.2) is 0 Å². The number of benzene rings is 1. The molecule has 116 valence electrons. The van der Waals surface area contributed by atoms with Crippen molar-refractivity contribution >= 4 is 23.6 Å². The minimum absolute atomic E-state index is 0.0850. The van der Waals surface area contributed by atoms with Gasteiger partial charge in [0.1, 0.15) is 4.92 Å². The van der Waals surface area contributed by atoms with Crippen molar-refractivity contribution in [2.75, 3.05) is 7.05 Å². The summed E-state index contributed by atoms with van der Waals surface area (Å²) < 4.78 is 4.84. The molecule has 0 unspecified atom stereocenters. The lowest BCUT2D eigenvalue weighted by Crippen LogP contribution is -2.24. The fourth-order valence-electron chi connectivity index (χ4n) is 2.39. The molecule has 0 atom stereocenters. The van der Waals surface area contributed by atoms with Gasteiger partial charge >= 0.3 is 5.88 Å². The van der Waals surface area contributed by atoms with E-state index in [1.54, 1.807) is 0 Å². The summed E-state index contributed by atoms with van der Waals surface area (Å²) in [5, 5.41) is 10.8. The highest BCUT2D eigenvalue weighted by molar-refractivity contribution is 6.21. The molecule has 0 spiro atoms. The SMILES string of the molecule is CN1C(=O)c2ccc(-c3cc([N+](=O)[O-])oc3C(N)=O)cc2C1=O. The third kappa shape index (κ3) is 2.06. The molecule has 0 aliphatic carbocycles. The molecule has 0 saturated carbocycles. The van der Waals surface area contributed by atoms with E-state index < -0.39 is 28.5 Å². The Morgan fingerprint density at radius 1 is 1.17 bits per heavy atom. The zero-order valence-corrected chi connectivity index (χ0v) is 11.7. The maximum absolute atomic E-state index is 12.0. The second-order valence-electron chi connectivity index (χ2n) is 4.88. The van der Waals surface area contributed by atoms with Crippen LogP contribution in [0.1, 0.15) is 31.3 Å². The molecule has 0 fully saturated rings. The summed E-state index contributed by atoms with van der Waals surface area (Å²) in [6, 6.07) is 5.30. The first-order valence-electron chi connectivity index (χ1n) is 6.36. The lowest BCUT2D eigenvalue weighted by molar-refractivity contribution is -0.402. The van der Waals surface area contributed by atoms with E-state index in [0.717, 1.165) is 11.0 Å². The van der Waals surface area contributed by atoms with E-state index in [4.69, 9.17) is 10.2 Å². The Kier molecular flexibility index (Phi) is 2.99. The van der Waals surface area contributed by atoms with Crippen LogP contribution in [0.4, 0.5) is 5.88 Å². The Balaban J connectivity index is 2.18. The van der Waals surface area contributed by atoms with Crippen molar-refractivity contribution in [2.24, 2.45) is 5.73 Å². The van der Waals surface area contributed by atoms with Crippen LogP contribution in [0.25, 0.3) is 11.1 Å². The van der Waals surface area contributed by atoms with Gasteiger partial charge in [-0.2, -0.15) is 0 Å². The number of rotatable bonds is 3. The number of nitro groups is 1. The molecule has 2 aromatic rings. The molecule has 3 amide bonds. The van der Waals surface area contributed by atoms with E-state index in [1.807, 2.05) is 0 Å². The minimum atomic E-state index is -0.979. The number of hydrogen-bond acceptors (Lipinski definition) is 6. The van der Waals surface area contributed by atoms with Gasteiger partial charge in [-0.15, -0.1) is 0 Å². The molecule has 1 aliphatic heterocycles. The molecule has 1 aliphatic rings. The number of nitrogens with zero attached hydrogens (tertiary/aromatic N) is 2. The molecule has 1 aromatic heterocycles. The molecule has 1 aromatic carbocycles. The predicted octanol–water partition coefficient (Wildman–Crippen LogP) is 1.18. The van der Waals surface area contributed by atoms with E-state index >= 15 is 0 Å². The summed E-state index contributed by atoms with van der Waals surface area (Å²) in [5.74, 6) is -2.95. The van der Waals surface area contributed by atoms with Crippen molar-refractivity contribution in [3.05, 3.63) is 51.3 Å². The highest BCUT2D eigenvalue weighted by Crippen LogP contribution is 2.33. The quantitative estimate of drug-likeness (QED) is 0.513. The Hall–Kier alpha value is -3.49. The van der Waals surface area contributed by atoms with Crippen molar-refractivity contribution in [3.63, 3.8) is 0 Å². The molecule has 9 heteroatoms. The van der Waals surface area contributed by atoms with Crippen molar-refractivity contribution in [1.82, 2.24) is 4.90 Å². The van der Waals surface area contributed by atoms with Crippen LogP contribution < -0.4 is 5.73 Å². The van der Waals surface area contributed by atoms with Crippen LogP contribution in [0.3, 0.4) is 0 Å². The number of imide groups is 1. The topological polar surface area (TPSA) is 137 Å². The van der Waals surface area contributed by atoms with Crippen LogP contribution in [-0.2, 0) is 0 Å². The molecule has 2 heterocycles. The van der Waals surface area contributed by atoms with Crippen LogP contribution in [0.15, 0.2) is 28.7 Å². The normalized spacial score (nSPS) is 13.3. The van der Waals surface area contributed by atoms with Crippen LogP contribution in [0.5, 0.6) is 0 Å². The highest BCUT2D eigenvalue weighted by Gasteiger charge is 2.33. The lowest BCUT2D eigenvalue weighted by atomic mass is 10.00. The third-order valence-electron chi connectivity index (χ3n) is 3.52. The Labute approximate surface area is 128 Å². The van der Waals surface area contributed by atoms with Gasteiger partial charge in [0, 0.05) is 12.6 Å². The third-order valence-corrected chi connectivity index (χ3v) is 3.52. The second-order valence-corrected chi connectivity index (χ2v) is 4.88. The number of hydrogen-bond donors (Lipinski definition) is 1. The van der Waals surface area contributed by atoms with Gasteiger partial charge in [-0.3, -0.25) is 29.4 Å². The molecule has 9 nitrogen and oxygen atoms in total. The monoisotopic (exact) mass is 315 g/mol. The van der Waals surface area contributed by atoms with E-state index in [0.29, 0.717) is 5.56 Å². The van der Waals surface area contributed by atoms with Gasteiger partial charge in [-0.1, -0.05) is 6.07 Å². The number of primary amides is 1. The number of carbonyl (C=O) groups is 3. The first-order valence-corrected chi connectivity index (χ1v) is 6.36. The van der Waals surface area contributed by atoms with Gasteiger partial charge in [0.05, 0.1) is 17.2 Å². The summed E-state index contributed by atoms with van der Waals surface area (Å²) in [6.45, 7) is 0. The highest BCUT2D eigenvalue weighted by atomic mass is 16.6. The van der Waals surface area contributed by atoms with Crippen LogP contribution in [-0.4, -0.2) is 34.6 Å². The van der Waals surface area contributed by atoms with Gasteiger partial charge in [-0.05, 0) is 17.7 Å². The van der Waals surface area contributed by atoms with Gasteiger partial charge in [0.25, 0.3) is 17.7 Å². The number of carbonyl (C=O) groups excluding carboxylic acids is 3. The van der Waals surface area contributed by atoms with Gasteiger partial charge in [0.2, 0.25) is 5.76 Å². The average molecular weight is 315 g/mol. The fourth-order valence-corrected chi connectivity index (χ4v) is 2.39. The van der Waals surface area contributed by atoms with E-state index in [2.05, 4.69) is 0 Å². The standard InChI is InChI=1S/C14H9N3O6/c1-16-13(19)7-3-2-6(4-9(7)14(16)20)8-5-10(17(21)22)23-11(8)12(15)18/h2-5H,1H3,(H2,15,18). The Bertz CT molecular complexity index is 898. The van der Waals surface area contributed by atoms with Crippen LogP contribution in [0.2, 0.25) is 0 Å². The minimum Gasteiger partial charge on any atom is -0.395 e. The zero-order chi connectivity index (χ0) is 16.9. The smallest absolute Gasteiger partial charge is 0.395 e. The van der Waals surface area contributed by atoms with E-state index in [1.165, 1.54) is 25.2 Å². The molecule has 0 saturated heterocycles. The summed E-state index contributed by atoms with van der Waals surface area (Å²) in [4.78, 5) is 46.2. The van der Waals surface area contributed by atoms with Crippen molar-refractivity contribution in [3.8, 4) is 11.1 Å². The fraction of sp³-hybridized carbons (Fsp3) is 0.0714. The number of fused-ring (bicyclic) bond motifs is 1. The van der Waals surface area contributed by atoms with E-state index in [9.17, 15) is 24.5 Å². The maximum Gasteiger partial charge on any atom is 0.434 e. The Morgan fingerprint density at radius 2 is 1.83 bits per heavy atom. The number of nitrogens with two attached hydrogens (primary N) is 1. The molecule has 3 rings (SSSR count). The van der Waals surface area contributed by atoms with Crippen molar-refractivity contribution < 1.29 is 23.7 Å². The zero-order valence-electron chi connectivity index (χ0n) is 11.7. The first kappa shape index (κ1) is 14.4. The van der Waals surface area contributed by atoms with Crippen molar-refractivity contribution in [1.29, 1.82) is 0 Å². The summed E-state index contributed by atoms with van der Waals surface area (Å²) in [6.07, 6.45) is 0. The summed E-state index contributed by atoms with van der Waals surface area (Å²) in [7, 11) is 1.35. The maximum atomic E-state index is 12.0. The lowest BCUT2D eigenvalue weighted by Gasteiger charge is -2.02. The number of furan rings is 1. The largest absolute Gasteiger partial charge is 0.434 e. The Morgan fingerprint density at radius 3 is 2.43 bits per heavy atom. The van der Waals surface area contributed by atoms with Crippen LogP contribution >= 0.6 is 0 Å². The molecule has 0 radical (unpaired) electrons. The average Bonchev–Trinajstić information content (AvgIpc) is 3.05.